The van der Waals surface area contributed by atoms with Crippen molar-refractivity contribution in [1.82, 2.24) is 24.9 Å². The van der Waals surface area contributed by atoms with E-state index in [2.05, 4.69) is 10.4 Å². The third-order valence-corrected chi connectivity index (χ3v) is 6.70. The largest absolute Gasteiger partial charge is 0.378 e. The molecule has 0 spiro atoms. The number of nitrogens with one attached hydrogen (secondary N) is 1. The Morgan fingerprint density at radius 1 is 1.17 bits per heavy atom. The molecule has 1 aliphatic carbocycles. The van der Waals surface area contributed by atoms with Crippen LogP contribution in [0.1, 0.15) is 66.4 Å². The molecule has 164 valence electrons. The molecule has 3 aliphatic rings. The van der Waals surface area contributed by atoms with Crippen LogP contribution < -0.4 is 5.32 Å². The molecule has 1 aromatic rings. The van der Waals surface area contributed by atoms with Crippen LogP contribution in [-0.4, -0.2) is 82.2 Å². The minimum atomic E-state index is -1.05. The summed E-state index contributed by atoms with van der Waals surface area (Å²) in [5, 5.41) is 7.58. The highest BCUT2D eigenvalue weighted by Crippen LogP contribution is 2.27. The molecule has 9 nitrogen and oxygen atoms in total. The molecule has 0 unspecified atom stereocenters. The third-order valence-electron chi connectivity index (χ3n) is 6.70. The first-order valence-electron chi connectivity index (χ1n) is 10.9. The average Bonchev–Trinajstić information content (AvgIpc) is 3.00. The van der Waals surface area contributed by atoms with E-state index in [0.717, 1.165) is 25.7 Å². The summed E-state index contributed by atoms with van der Waals surface area (Å²) in [4.78, 5) is 42.2. The number of morpholine rings is 1. The second-order valence-corrected chi connectivity index (χ2v) is 8.78. The second-order valence-electron chi connectivity index (χ2n) is 8.78. The molecule has 0 aromatic carbocycles. The predicted molar refractivity (Wildman–Crippen MR) is 109 cm³/mol. The molecule has 1 saturated heterocycles. The van der Waals surface area contributed by atoms with Gasteiger partial charge in [0.15, 0.2) is 5.69 Å². The summed E-state index contributed by atoms with van der Waals surface area (Å²) in [5.74, 6) is -0.666. The molecule has 30 heavy (non-hydrogen) atoms. The van der Waals surface area contributed by atoms with E-state index >= 15 is 0 Å². The van der Waals surface area contributed by atoms with E-state index in [1.165, 1.54) is 22.4 Å². The Morgan fingerprint density at radius 3 is 2.50 bits per heavy atom. The molecule has 1 N–H and O–H groups in total. The van der Waals surface area contributed by atoms with Gasteiger partial charge in [-0.15, -0.1) is 0 Å². The van der Waals surface area contributed by atoms with Gasteiger partial charge in [0.25, 0.3) is 11.8 Å². The zero-order valence-electron chi connectivity index (χ0n) is 17.9. The number of rotatable bonds is 3. The van der Waals surface area contributed by atoms with Crippen LogP contribution >= 0.6 is 0 Å². The normalized spacial score (nSPS) is 25.6. The van der Waals surface area contributed by atoms with Gasteiger partial charge in [0.05, 0.1) is 19.8 Å². The van der Waals surface area contributed by atoms with Crippen molar-refractivity contribution in [3.8, 4) is 0 Å². The molecule has 2 fully saturated rings. The van der Waals surface area contributed by atoms with Crippen molar-refractivity contribution in [2.45, 2.75) is 63.6 Å². The van der Waals surface area contributed by atoms with E-state index in [1.807, 2.05) is 0 Å². The first-order valence-corrected chi connectivity index (χ1v) is 10.9. The van der Waals surface area contributed by atoms with Crippen molar-refractivity contribution in [3.63, 3.8) is 0 Å². The summed E-state index contributed by atoms with van der Waals surface area (Å²) < 4.78 is 6.81. The van der Waals surface area contributed by atoms with Crippen molar-refractivity contribution in [2.75, 3.05) is 33.4 Å². The van der Waals surface area contributed by atoms with Crippen LogP contribution in [0.15, 0.2) is 6.07 Å². The highest BCUT2D eigenvalue weighted by Gasteiger charge is 2.47. The summed E-state index contributed by atoms with van der Waals surface area (Å²) >= 11 is 0. The number of nitrogens with zero attached hydrogens (tertiary/aromatic N) is 4. The van der Waals surface area contributed by atoms with E-state index < -0.39 is 5.54 Å². The highest BCUT2D eigenvalue weighted by atomic mass is 16.5. The van der Waals surface area contributed by atoms with Gasteiger partial charge in [-0.1, -0.05) is 25.7 Å². The molecule has 0 bridgehead atoms. The first-order chi connectivity index (χ1) is 14.4. The summed E-state index contributed by atoms with van der Waals surface area (Å²) in [6.45, 7) is 4.01. The van der Waals surface area contributed by atoms with E-state index in [9.17, 15) is 14.4 Å². The number of hydrogen-bond donors (Lipinski definition) is 1. The second kappa shape index (κ2) is 8.37. The van der Waals surface area contributed by atoms with E-state index in [0.29, 0.717) is 32.0 Å². The van der Waals surface area contributed by atoms with Crippen LogP contribution in [0, 0.1) is 0 Å². The van der Waals surface area contributed by atoms with Gasteiger partial charge in [-0.2, -0.15) is 5.10 Å². The highest BCUT2D eigenvalue weighted by molar-refractivity contribution is 6.01. The number of hydrogen-bond acceptors (Lipinski definition) is 5. The van der Waals surface area contributed by atoms with E-state index in [1.54, 1.807) is 24.9 Å². The molecule has 3 heterocycles. The van der Waals surface area contributed by atoms with Crippen LogP contribution in [0.2, 0.25) is 0 Å². The lowest BCUT2D eigenvalue weighted by Crippen LogP contribution is -2.63. The Bertz CT molecular complexity index is 823. The zero-order chi connectivity index (χ0) is 21.3. The van der Waals surface area contributed by atoms with Crippen molar-refractivity contribution < 1.29 is 19.1 Å². The SMILES string of the molecule is CN1C(=O)c2cc(C(=O)N3CCOCC3)nn2C[C@@]1(C)C(=O)NC1CCCCCC1. The van der Waals surface area contributed by atoms with Gasteiger partial charge < -0.3 is 19.9 Å². The molecule has 3 amide bonds. The fourth-order valence-electron chi connectivity index (χ4n) is 4.52. The van der Waals surface area contributed by atoms with Crippen LogP contribution in [-0.2, 0) is 16.1 Å². The van der Waals surface area contributed by atoms with Gasteiger partial charge in [0.1, 0.15) is 11.2 Å². The molecular formula is C21H31N5O4. The number of likely N-dealkylation sites (N-methyl/N-ethyl adjacent to an activating group) is 1. The summed E-state index contributed by atoms with van der Waals surface area (Å²) in [7, 11) is 1.65. The van der Waals surface area contributed by atoms with Crippen LogP contribution in [0.5, 0.6) is 0 Å². The Labute approximate surface area is 176 Å². The molecule has 9 heteroatoms. The molecular weight excluding hydrogens is 386 g/mol. The fourth-order valence-corrected chi connectivity index (χ4v) is 4.52. The molecule has 2 aliphatic heterocycles. The van der Waals surface area contributed by atoms with E-state index in [4.69, 9.17) is 4.74 Å². The lowest BCUT2D eigenvalue weighted by atomic mass is 9.95. The van der Waals surface area contributed by atoms with Crippen LogP contribution in [0.4, 0.5) is 0 Å². The monoisotopic (exact) mass is 417 g/mol. The maximum Gasteiger partial charge on any atom is 0.274 e. The standard InChI is InChI=1S/C21H31N5O4/c1-21(20(29)22-15-7-5-3-4-6-8-15)14-26-17(19(28)24(21)2)13-16(23-26)18(27)25-9-11-30-12-10-25/h13,15H,3-12,14H2,1-2H3,(H,22,29)/t21-/m0/s1. The Balaban J connectivity index is 1.53. The number of carbonyl (C=O) groups excluding carboxylic acids is 3. The van der Waals surface area contributed by atoms with Crippen molar-refractivity contribution in [2.24, 2.45) is 0 Å². The maximum absolute atomic E-state index is 13.2. The Morgan fingerprint density at radius 2 is 1.83 bits per heavy atom. The molecule has 4 rings (SSSR count). The molecule has 0 radical (unpaired) electrons. The van der Waals surface area contributed by atoms with E-state index in [-0.39, 0.29) is 36.0 Å². The molecule has 1 saturated carbocycles. The number of amides is 3. The van der Waals surface area contributed by atoms with Crippen molar-refractivity contribution in [3.05, 3.63) is 17.5 Å². The third kappa shape index (κ3) is 3.82. The number of fused-ring (bicyclic) bond motifs is 1. The smallest absolute Gasteiger partial charge is 0.274 e. The predicted octanol–water partition coefficient (Wildman–Crippen LogP) is 1.04. The minimum absolute atomic E-state index is 0.151. The molecule has 1 aromatic heterocycles. The molecule has 1 atom stereocenters. The lowest BCUT2D eigenvalue weighted by Gasteiger charge is -2.41. The van der Waals surface area contributed by atoms with Crippen LogP contribution in [0.25, 0.3) is 0 Å². The number of aromatic nitrogens is 2. The lowest BCUT2D eigenvalue weighted by molar-refractivity contribution is -0.133. The topological polar surface area (TPSA) is 96.8 Å². The minimum Gasteiger partial charge on any atom is -0.378 e. The summed E-state index contributed by atoms with van der Waals surface area (Å²) in [6, 6.07) is 1.69. The number of carbonyl (C=O) groups is 3. The zero-order valence-corrected chi connectivity index (χ0v) is 17.9. The summed E-state index contributed by atoms with van der Waals surface area (Å²) in [5.41, 5.74) is -0.474. The first kappa shape index (κ1) is 20.8. The van der Waals surface area contributed by atoms with Gasteiger partial charge in [-0.25, -0.2) is 0 Å². The van der Waals surface area contributed by atoms with Crippen LogP contribution in [0.3, 0.4) is 0 Å². The van der Waals surface area contributed by atoms with Gasteiger partial charge in [-0.3, -0.25) is 19.1 Å². The average molecular weight is 418 g/mol. The van der Waals surface area contributed by atoms with Crippen molar-refractivity contribution >= 4 is 17.7 Å². The van der Waals surface area contributed by atoms with Gasteiger partial charge >= 0.3 is 0 Å². The van der Waals surface area contributed by atoms with Gasteiger partial charge in [-0.05, 0) is 19.8 Å². The quantitative estimate of drug-likeness (QED) is 0.742. The Kier molecular flexibility index (Phi) is 5.81. The Hall–Kier alpha value is -2.42. The van der Waals surface area contributed by atoms with Gasteiger partial charge in [0.2, 0.25) is 5.91 Å². The van der Waals surface area contributed by atoms with Crippen molar-refractivity contribution in [1.29, 1.82) is 0 Å². The van der Waals surface area contributed by atoms with Gasteiger partial charge in [0, 0.05) is 32.2 Å². The fraction of sp³-hybridized carbons (Fsp3) is 0.714. The maximum atomic E-state index is 13.2. The summed E-state index contributed by atoms with van der Waals surface area (Å²) in [6.07, 6.45) is 6.60. The number of ether oxygens (including phenoxy) is 1.